The van der Waals surface area contributed by atoms with E-state index in [0.717, 1.165) is 44.2 Å². The molecule has 0 bridgehead atoms. The first-order valence-corrected chi connectivity index (χ1v) is 10.5. The van der Waals surface area contributed by atoms with Gasteiger partial charge in [-0.1, -0.05) is 43.2 Å². The summed E-state index contributed by atoms with van der Waals surface area (Å²) in [6.45, 7) is 8.20. The van der Waals surface area contributed by atoms with Gasteiger partial charge >= 0.3 is 0 Å². The molecule has 5 nitrogen and oxygen atoms in total. The Labute approximate surface area is 164 Å². The highest BCUT2D eigenvalue weighted by atomic mass is 16.5. The minimum atomic E-state index is 0.0634. The minimum Gasteiger partial charge on any atom is -0.396 e. The van der Waals surface area contributed by atoms with Crippen LogP contribution >= 0.6 is 0 Å². The van der Waals surface area contributed by atoms with Crippen molar-refractivity contribution < 1.29 is 9.84 Å². The number of guanidine groups is 1. The Balaban J connectivity index is 1.95. The van der Waals surface area contributed by atoms with E-state index in [0.29, 0.717) is 6.54 Å². The summed E-state index contributed by atoms with van der Waals surface area (Å²) in [5.41, 5.74) is 1.43. The van der Waals surface area contributed by atoms with Gasteiger partial charge in [-0.2, -0.15) is 0 Å². The number of aliphatic hydroxyl groups excluding tert-OH is 1. The lowest BCUT2D eigenvalue weighted by atomic mass is 9.83. The molecular weight excluding hydrogens is 338 g/mol. The van der Waals surface area contributed by atoms with Crippen LogP contribution in [0.3, 0.4) is 0 Å². The van der Waals surface area contributed by atoms with Crippen molar-refractivity contribution in [2.45, 2.75) is 51.9 Å². The van der Waals surface area contributed by atoms with Crippen LogP contribution in [0.15, 0.2) is 35.3 Å². The van der Waals surface area contributed by atoms with Crippen molar-refractivity contribution in [3.63, 3.8) is 0 Å². The van der Waals surface area contributed by atoms with Crippen molar-refractivity contribution in [3.05, 3.63) is 35.9 Å². The van der Waals surface area contributed by atoms with Crippen LogP contribution < -0.4 is 10.6 Å². The summed E-state index contributed by atoms with van der Waals surface area (Å²) >= 11 is 0. The van der Waals surface area contributed by atoms with E-state index in [1.807, 2.05) is 18.2 Å². The van der Waals surface area contributed by atoms with Gasteiger partial charge < -0.3 is 20.5 Å². The molecule has 1 aromatic rings. The number of hydrogen-bond donors (Lipinski definition) is 3. The van der Waals surface area contributed by atoms with E-state index >= 15 is 0 Å². The van der Waals surface area contributed by atoms with Gasteiger partial charge in [0, 0.05) is 38.8 Å². The maximum atomic E-state index is 9.77. The highest BCUT2D eigenvalue weighted by Gasteiger charge is 2.33. The van der Waals surface area contributed by atoms with Crippen LogP contribution in [0.4, 0.5) is 0 Å². The van der Waals surface area contributed by atoms with Crippen molar-refractivity contribution in [3.8, 4) is 0 Å². The SMILES string of the molecule is CCNC(=NCC1(CCOCC)CCCC1)NCC(CO)c1ccccc1. The second-order valence-electron chi connectivity index (χ2n) is 7.52. The Bertz CT molecular complexity index is 542. The largest absolute Gasteiger partial charge is 0.396 e. The fraction of sp³-hybridized carbons (Fsp3) is 0.682. The molecule has 2 rings (SSSR count). The van der Waals surface area contributed by atoms with Crippen LogP contribution in [-0.4, -0.2) is 50.5 Å². The molecule has 0 heterocycles. The topological polar surface area (TPSA) is 65.9 Å². The minimum absolute atomic E-state index is 0.0634. The van der Waals surface area contributed by atoms with Crippen LogP contribution in [-0.2, 0) is 4.74 Å². The molecule has 1 saturated carbocycles. The van der Waals surface area contributed by atoms with Crippen LogP contribution in [0.25, 0.3) is 0 Å². The van der Waals surface area contributed by atoms with E-state index in [1.54, 1.807) is 0 Å². The summed E-state index contributed by atoms with van der Waals surface area (Å²) in [4.78, 5) is 4.90. The van der Waals surface area contributed by atoms with Gasteiger partial charge in [0.1, 0.15) is 0 Å². The van der Waals surface area contributed by atoms with E-state index in [4.69, 9.17) is 9.73 Å². The summed E-state index contributed by atoms with van der Waals surface area (Å²) in [5, 5.41) is 16.5. The highest BCUT2D eigenvalue weighted by Crippen LogP contribution is 2.41. The molecule has 0 aromatic heterocycles. The summed E-state index contributed by atoms with van der Waals surface area (Å²) < 4.78 is 5.61. The van der Waals surface area contributed by atoms with Gasteiger partial charge in [0.2, 0.25) is 0 Å². The Morgan fingerprint density at radius 3 is 2.56 bits per heavy atom. The lowest BCUT2D eigenvalue weighted by Crippen LogP contribution is -2.40. The van der Waals surface area contributed by atoms with Gasteiger partial charge in [0.25, 0.3) is 0 Å². The van der Waals surface area contributed by atoms with Crippen LogP contribution in [0.2, 0.25) is 0 Å². The van der Waals surface area contributed by atoms with Gasteiger partial charge in [-0.05, 0) is 44.1 Å². The first-order chi connectivity index (χ1) is 13.2. The Kier molecular flexibility index (Phi) is 9.64. The predicted octanol–water partition coefficient (Wildman–Crippen LogP) is 3.30. The summed E-state index contributed by atoms with van der Waals surface area (Å²) in [7, 11) is 0. The molecule has 1 fully saturated rings. The van der Waals surface area contributed by atoms with E-state index in [9.17, 15) is 5.11 Å². The number of aliphatic imine (C=N–C) groups is 1. The molecule has 1 atom stereocenters. The van der Waals surface area contributed by atoms with Crippen molar-refractivity contribution in [1.29, 1.82) is 0 Å². The number of hydrogen-bond acceptors (Lipinski definition) is 3. The van der Waals surface area contributed by atoms with Crippen molar-refractivity contribution in [2.75, 3.05) is 39.5 Å². The van der Waals surface area contributed by atoms with E-state index in [-0.39, 0.29) is 17.9 Å². The third-order valence-corrected chi connectivity index (χ3v) is 5.57. The van der Waals surface area contributed by atoms with Gasteiger partial charge in [0.05, 0.1) is 6.61 Å². The standard InChI is InChI=1S/C22H37N3O2/c1-3-23-21(24-16-20(17-26)19-10-6-5-7-11-19)25-18-22(12-8-9-13-22)14-15-27-4-2/h5-7,10-11,20,26H,3-4,8-9,12-18H2,1-2H3,(H2,23,24,25). The number of aliphatic hydroxyl groups is 1. The molecule has 0 saturated heterocycles. The third kappa shape index (κ3) is 7.15. The van der Waals surface area contributed by atoms with Gasteiger partial charge in [0.15, 0.2) is 5.96 Å². The molecule has 1 aromatic carbocycles. The maximum absolute atomic E-state index is 9.77. The zero-order valence-electron chi connectivity index (χ0n) is 17.0. The second kappa shape index (κ2) is 12.0. The molecule has 0 amide bonds. The molecule has 1 aliphatic rings. The lowest BCUT2D eigenvalue weighted by molar-refractivity contribution is 0.107. The fourth-order valence-electron chi connectivity index (χ4n) is 3.87. The van der Waals surface area contributed by atoms with Gasteiger partial charge in [-0.3, -0.25) is 4.99 Å². The first-order valence-electron chi connectivity index (χ1n) is 10.5. The zero-order valence-corrected chi connectivity index (χ0v) is 17.0. The van der Waals surface area contributed by atoms with Crippen LogP contribution in [0.1, 0.15) is 57.4 Å². The molecule has 0 aliphatic heterocycles. The number of benzene rings is 1. The normalized spacial score (nSPS) is 17.7. The smallest absolute Gasteiger partial charge is 0.191 e. The molecule has 5 heteroatoms. The molecule has 0 spiro atoms. The zero-order chi connectivity index (χ0) is 19.4. The molecule has 3 N–H and O–H groups in total. The average molecular weight is 376 g/mol. The number of rotatable bonds is 11. The molecule has 152 valence electrons. The number of ether oxygens (including phenoxy) is 1. The van der Waals surface area contributed by atoms with Crippen LogP contribution in [0, 0.1) is 5.41 Å². The molecule has 1 aliphatic carbocycles. The first kappa shape index (κ1) is 21.7. The van der Waals surface area contributed by atoms with E-state index in [1.165, 1.54) is 25.7 Å². The number of nitrogens with one attached hydrogen (secondary N) is 2. The number of nitrogens with zero attached hydrogens (tertiary/aromatic N) is 1. The van der Waals surface area contributed by atoms with E-state index < -0.39 is 0 Å². The van der Waals surface area contributed by atoms with Crippen molar-refractivity contribution in [1.82, 2.24) is 10.6 Å². The summed E-state index contributed by atoms with van der Waals surface area (Å²) in [5.74, 6) is 0.906. The molecule has 0 radical (unpaired) electrons. The van der Waals surface area contributed by atoms with Crippen molar-refractivity contribution >= 4 is 5.96 Å². The van der Waals surface area contributed by atoms with E-state index in [2.05, 4.69) is 36.6 Å². The highest BCUT2D eigenvalue weighted by molar-refractivity contribution is 5.79. The third-order valence-electron chi connectivity index (χ3n) is 5.57. The average Bonchev–Trinajstić information content (AvgIpc) is 3.16. The van der Waals surface area contributed by atoms with Crippen molar-refractivity contribution in [2.24, 2.45) is 10.4 Å². The second-order valence-corrected chi connectivity index (χ2v) is 7.52. The summed E-state index contributed by atoms with van der Waals surface area (Å²) in [6, 6.07) is 10.2. The molecular formula is C22H37N3O2. The maximum Gasteiger partial charge on any atom is 0.191 e. The van der Waals surface area contributed by atoms with Gasteiger partial charge in [-0.15, -0.1) is 0 Å². The monoisotopic (exact) mass is 375 g/mol. The molecule has 27 heavy (non-hydrogen) atoms. The fourth-order valence-corrected chi connectivity index (χ4v) is 3.87. The Morgan fingerprint density at radius 1 is 1.19 bits per heavy atom. The summed E-state index contributed by atoms with van der Waals surface area (Å²) in [6.07, 6.45) is 6.17. The molecule has 1 unspecified atom stereocenters. The van der Waals surface area contributed by atoms with Crippen LogP contribution in [0.5, 0.6) is 0 Å². The van der Waals surface area contributed by atoms with Gasteiger partial charge in [-0.25, -0.2) is 0 Å². The quantitative estimate of drug-likeness (QED) is 0.315. The predicted molar refractivity (Wildman–Crippen MR) is 112 cm³/mol. The Morgan fingerprint density at radius 2 is 1.93 bits per heavy atom. The Hall–Kier alpha value is -1.59. The lowest BCUT2D eigenvalue weighted by Gasteiger charge is -2.27.